The van der Waals surface area contributed by atoms with Gasteiger partial charge in [0.1, 0.15) is 11.6 Å². The number of pyridine rings is 2. The van der Waals surface area contributed by atoms with Crippen molar-refractivity contribution >= 4 is 5.96 Å². The van der Waals surface area contributed by atoms with Crippen LogP contribution in [0.25, 0.3) is 5.82 Å². The van der Waals surface area contributed by atoms with E-state index < -0.39 is 0 Å². The monoisotopic (exact) mass is 363 g/mol. The predicted octanol–water partition coefficient (Wildman–Crippen LogP) is 2.27. The maximum Gasteiger partial charge on any atom is 0.191 e. The SMILES string of the molecule is CCNC(=NCc1ccc(-n2ccnc2C)nc1)NCCc1ccccn1. The lowest BCUT2D eigenvalue weighted by Gasteiger charge is -2.11. The Morgan fingerprint density at radius 3 is 2.67 bits per heavy atom. The molecule has 0 aliphatic carbocycles. The van der Waals surface area contributed by atoms with Crippen LogP contribution in [0.1, 0.15) is 24.0 Å². The normalized spacial score (nSPS) is 11.4. The molecule has 3 aromatic rings. The molecule has 0 aromatic carbocycles. The van der Waals surface area contributed by atoms with Crippen LogP contribution in [-0.4, -0.2) is 38.6 Å². The molecule has 3 heterocycles. The van der Waals surface area contributed by atoms with E-state index in [0.29, 0.717) is 6.54 Å². The molecular formula is C20H25N7. The van der Waals surface area contributed by atoms with Gasteiger partial charge < -0.3 is 10.6 Å². The summed E-state index contributed by atoms with van der Waals surface area (Å²) in [5, 5.41) is 6.61. The first-order chi connectivity index (χ1) is 13.3. The van der Waals surface area contributed by atoms with Crippen molar-refractivity contribution in [2.24, 2.45) is 4.99 Å². The summed E-state index contributed by atoms with van der Waals surface area (Å²) >= 11 is 0. The highest BCUT2D eigenvalue weighted by Crippen LogP contribution is 2.09. The van der Waals surface area contributed by atoms with E-state index in [0.717, 1.165) is 48.4 Å². The fourth-order valence-corrected chi connectivity index (χ4v) is 2.64. The molecule has 3 aromatic heterocycles. The number of nitrogens with one attached hydrogen (secondary N) is 2. The van der Waals surface area contributed by atoms with Crippen LogP contribution >= 0.6 is 0 Å². The van der Waals surface area contributed by atoms with Gasteiger partial charge in [-0.15, -0.1) is 0 Å². The lowest BCUT2D eigenvalue weighted by Crippen LogP contribution is -2.38. The maximum absolute atomic E-state index is 4.64. The van der Waals surface area contributed by atoms with E-state index in [4.69, 9.17) is 0 Å². The van der Waals surface area contributed by atoms with Crippen LogP contribution in [0, 0.1) is 6.92 Å². The Morgan fingerprint density at radius 1 is 1.07 bits per heavy atom. The summed E-state index contributed by atoms with van der Waals surface area (Å²) in [6, 6.07) is 9.99. The summed E-state index contributed by atoms with van der Waals surface area (Å²) < 4.78 is 1.95. The molecule has 0 aliphatic rings. The fraction of sp³-hybridized carbons (Fsp3) is 0.300. The summed E-state index contributed by atoms with van der Waals surface area (Å²) in [5.74, 6) is 2.57. The topological polar surface area (TPSA) is 80.0 Å². The Balaban J connectivity index is 1.56. The minimum absolute atomic E-state index is 0.565. The number of rotatable bonds is 7. The van der Waals surface area contributed by atoms with Gasteiger partial charge in [0.15, 0.2) is 5.96 Å². The molecule has 7 heteroatoms. The van der Waals surface area contributed by atoms with E-state index >= 15 is 0 Å². The number of nitrogens with zero attached hydrogens (tertiary/aromatic N) is 5. The van der Waals surface area contributed by atoms with Crippen LogP contribution < -0.4 is 10.6 Å². The van der Waals surface area contributed by atoms with E-state index in [1.807, 2.05) is 60.4 Å². The highest BCUT2D eigenvalue weighted by molar-refractivity contribution is 5.79. The maximum atomic E-state index is 4.64. The molecular weight excluding hydrogens is 338 g/mol. The summed E-state index contributed by atoms with van der Waals surface area (Å²) in [4.78, 5) is 17.7. The van der Waals surface area contributed by atoms with Crippen LogP contribution in [0.4, 0.5) is 0 Å². The molecule has 0 aliphatic heterocycles. The number of aromatic nitrogens is 4. The zero-order chi connectivity index (χ0) is 18.9. The highest BCUT2D eigenvalue weighted by atomic mass is 15.2. The number of guanidine groups is 1. The van der Waals surface area contributed by atoms with E-state index in [9.17, 15) is 0 Å². The second kappa shape index (κ2) is 9.47. The molecule has 0 spiro atoms. The van der Waals surface area contributed by atoms with Gasteiger partial charge in [-0.25, -0.2) is 15.0 Å². The molecule has 140 valence electrons. The molecule has 27 heavy (non-hydrogen) atoms. The van der Waals surface area contributed by atoms with Gasteiger partial charge in [-0.1, -0.05) is 12.1 Å². The van der Waals surface area contributed by atoms with Crippen molar-refractivity contribution in [1.29, 1.82) is 0 Å². The van der Waals surface area contributed by atoms with E-state index in [2.05, 4.69) is 37.5 Å². The van der Waals surface area contributed by atoms with E-state index in [1.54, 1.807) is 6.20 Å². The molecule has 3 rings (SSSR count). The summed E-state index contributed by atoms with van der Waals surface area (Å²) in [7, 11) is 0. The van der Waals surface area contributed by atoms with Crippen molar-refractivity contribution in [1.82, 2.24) is 30.2 Å². The van der Waals surface area contributed by atoms with Gasteiger partial charge in [0.05, 0.1) is 6.54 Å². The number of aryl methyl sites for hydroxylation is 1. The number of hydrogen-bond acceptors (Lipinski definition) is 4. The van der Waals surface area contributed by atoms with Crippen molar-refractivity contribution in [3.05, 3.63) is 72.2 Å². The molecule has 0 fully saturated rings. The third-order valence-corrected chi connectivity index (χ3v) is 4.05. The molecule has 0 amide bonds. The van der Waals surface area contributed by atoms with Gasteiger partial charge in [0.25, 0.3) is 0 Å². The first-order valence-corrected chi connectivity index (χ1v) is 9.13. The van der Waals surface area contributed by atoms with E-state index in [1.165, 1.54) is 0 Å². The highest BCUT2D eigenvalue weighted by Gasteiger charge is 2.03. The van der Waals surface area contributed by atoms with Gasteiger partial charge in [-0.05, 0) is 37.6 Å². The molecule has 0 saturated heterocycles. The second-order valence-electron chi connectivity index (χ2n) is 6.06. The summed E-state index contributed by atoms with van der Waals surface area (Å²) in [5.41, 5.74) is 2.12. The third-order valence-electron chi connectivity index (χ3n) is 4.05. The number of hydrogen-bond donors (Lipinski definition) is 2. The van der Waals surface area contributed by atoms with E-state index in [-0.39, 0.29) is 0 Å². The Morgan fingerprint density at radius 2 is 2.00 bits per heavy atom. The third kappa shape index (κ3) is 5.37. The van der Waals surface area contributed by atoms with Gasteiger partial charge >= 0.3 is 0 Å². The lowest BCUT2D eigenvalue weighted by molar-refractivity contribution is 0.788. The van der Waals surface area contributed by atoms with Crippen molar-refractivity contribution in [3.63, 3.8) is 0 Å². The van der Waals surface area contributed by atoms with Crippen LogP contribution in [0.5, 0.6) is 0 Å². The van der Waals surface area contributed by atoms with Gasteiger partial charge in [0.2, 0.25) is 0 Å². The molecule has 0 unspecified atom stereocenters. The molecule has 0 saturated carbocycles. The van der Waals surface area contributed by atoms with Crippen molar-refractivity contribution in [2.75, 3.05) is 13.1 Å². The van der Waals surface area contributed by atoms with Crippen LogP contribution in [0.15, 0.2) is 60.1 Å². The summed E-state index contributed by atoms with van der Waals surface area (Å²) in [6.45, 7) is 6.17. The number of aliphatic imine (C=N–C) groups is 1. The van der Waals surface area contributed by atoms with Crippen LogP contribution in [-0.2, 0) is 13.0 Å². The zero-order valence-electron chi connectivity index (χ0n) is 15.8. The minimum Gasteiger partial charge on any atom is -0.357 e. The van der Waals surface area contributed by atoms with Gasteiger partial charge in [0, 0.05) is 50.0 Å². The van der Waals surface area contributed by atoms with Crippen molar-refractivity contribution in [2.45, 2.75) is 26.8 Å². The largest absolute Gasteiger partial charge is 0.357 e. The molecule has 0 atom stereocenters. The van der Waals surface area contributed by atoms with Crippen molar-refractivity contribution < 1.29 is 0 Å². The molecule has 2 N–H and O–H groups in total. The van der Waals surface area contributed by atoms with Crippen molar-refractivity contribution in [3.8, 4) is 5.82 Å². The minimum atomic E-state index is 0.565. The zero-order valence-corrected chi connectivity index (χ0v) is 15.8. The lowest BCUT2D eigenvalue weighted by atomic mass is 10.3. The Kier molecular flexibility index (Phi) is 6.51. The summed E-state index contributed by atoms with van der Waals surface area (Å²) in [6.07, 6.45) is 8.21. The standard InChI is InChI=1S/C20H25N7/c1-3-21-20(24-11-9-18-6-4-5-10-23-18)26-15-17-7-8-19(25-14-17)27-13-12-22-16(27)2/h4-8,10,12-14H,3,9,11,15H2,1-2H3,(H2,21,24,26). The molecule has 0 bridgehead atoms. The van der Waals surface area contributed by atoms with Crippen LogP contribution in [0.2, 0.25) is 0 Å². The Labute approximate surface area is 159 Å². The average Bonchev–Trinajstić information content (AvgIpc) is 3.13. The fourth-order valence-electron chi connectivity index (χ4n) is 2.64. The first kappa shape index (κ1) is 18.6. The number of imidazole rings is 1. The first-order valence-electron chi connectivity index (χ1n) is 9.13. The van der Waals surface area contributed by atoms with Crippen LogP contribution in [0.3, 0.4) is 0 Å². The molecule has 0 radical (unpaired) electrons. The second-order valence-corrected chi connectivity index (χ2v) is 6.06. The Hall–Kier alpha value is -3.22. The molecule has 7 nitrogen and oxygen atoms in total. The Bertz CT molecular complexity index is 854. The average molecular weight is 363 g/mol. The van der Waals surface area contributed by atoms with Gasteiger partial charge in [-0.3, -0.25) is 9.55 Å². The smallest absolute Gasteiger partial charge is 0.191 e. The quantitative estimate of drug-likeness (QED) is 0.497. The van der Waals surface area contributed by atoms with Gasteiger partial charge in [-0.2, -0.15) is 0 Å². The predicted molar refractivity (Wildman–Crippen MR) is 107 cm³/mol.